The molecule has 31 heavy (non-hydrogen) atoms. The number of carbonyl (C=O) groups excluding carboxylic acids is 1. The van der Waals surface area contributed by atoms with Crippen molar-refractivity contribution in [1.82, 2.24) is 0 Å². The summed E-state index contributed by atoms with van der Waals surface area (Å²) in [4.78, 5) is 12.7. The molecular formula is C25H32O6. The first-order valence-electron chi connectivity index (χ1n) is 10.9. The van der Waals surface area contributed by atoms with Crippen LogP contribution in [-0.4, -0.2) is 48.4 Å². The molecule has 0 amide bonds. The molecule has 0 aromatic heterocycles. The molecule has 2 aliphatic carbocycles. The highest BCUT2D eigenvalue weighted by atomic mass is 16.6. The first kappa shape index (κ1) is 22.1. The SMILES string of the molecule is COc1ccc(C=CC(=O)OC2CCC(C)(C)C3C(O)C=C4COC(O)C4C23C)cc1. The van der Waals surface area contributed by atoms with Crippen molar-refractivity contribution in [3.63, 3.8) is 0 Å². The largest absolute Gasteiger partial charge is 0.497 e. The van der Waals surface area contributed by atoms with E-state index in [0.717, 1.165) is 23.3 Å². The molecule has 0 spiro atoms. The van der Waals surface area contributed by atoms with Gasteiger partial charge in [0.15, 0.2) is 6.29 Å². The molecule has 1 saturated heterocycles. The third-order valence-electron chi connectivity index (χ3n) is 7.54. The van der Waals surface area contributed by atoms with Gasteiger partial charge in [-0.15, -0.1) is 0 Å². The summed E-state index contributed by atoms with van der Waals surface area (Å²) < 4.78 is 16.6. The number of aliphatic hydroxyl groups is 2. The van der Waals surface area contributed by atoms with Crippen LogP contribution in [0.5, 0.6) is 5.75 Å². The molecule has 6 nitrogen and oxygen atoms in total. The standard InChI is InChI=1S/C25H32O6/c1-24(2)12-11-19(31-20(27)10-7-15-5-8-17(29-4)9-6-15)25(3)21-16(14-30-23(21)28)13-18(26)22(24)25/h5-10,13,18-19,21-23,26,28H,11-12,14H2,1-4H3. The molecule has 2 fully saturated rings. The third kappa shape index (κ3) is 3.81. The van der Waals surface area contributed by atoms with E-state index in [1.165, 1.54) is 6.08 Å². The number of esters is 1. The number of aliphatic hydroxyl groups excluding tert-OH is 2. The highest BCUT2D eigenvalue weighted by Gasteiger charge is 2.64. The van der Waals surface area contributed by atoms with E-state index in [4.69, 9.17) is 14.2 Å². The zero-order valence-corrected chi connectivity index (χ0v) is 18.6. The molecule has 1 aromatic carbocycles. The molecule has 4 rings (SSSR count). The maximum atomic E-state index is 12.7. The Labute approximate surface area is 183 Å². The van der Waals surface area contributed by atoms with Gasteiger partial charge < -0.3 is 24.4 Å². The third-order valence-corrected chi connectivity index (χ3v) is 7.54. The molecule has 0 radical (unpaired) electrons. The Bertz CT molecular complexity index is 886. The monoisotopic (exact) mass is 428 g/mol. The summed E-state index contributed by atoms with van der Waals surface area (Å²) in [6.45, 7) is 6.61. The van der Waals surface area contributed by atoms with E-state index in [1.807, 2.05) is 37.3 Å². The summed E-state index contributed by atoms with van der Waals surface area (Å²) in [5.41, 5.74) is 0.960. The lowest BCUT2D eigenvalue weighted by Gasteiger charge is -2.59. The highest BCUT2D eigenvalue weighted by molar-refractivity contribution is 5.87. The molecule has 2 N–H and O–H groups in total. The zero-order chi connectivity index (χ0) is 22.4. The van der Waals surface area contributed by atoms with E-state index < -0.39 is 29.9 Å². The highest BCUT2D eigenvalue weighted by Crippen LogP contribution is 2.62. The number of hydrogen-bond acceptors (Lipinski definition) is 6. The van der Waals surface area contributed by atoms with E-state index in [0.29, 0.717) is 13.0 Å². The normalized spacial score (nSPS) is 36.5. The van der Waals surface area contributed by atoms with Gasteiger partial charge in [-0.2, -0.15) is 0 Å². The predicted molar refractivity (Wildman–Crippen MR) is 116 cm³/mol. The van der Waals surface area contributed by atoms with Crippen molar-refractivity contribution in [3.8, 4) is 5.75 Å². The molecule has 168 valence electrons. The van der Waals surface area contributed by atoms with Crippen LogP contribution in [0.25, 0.3) is 6.08 Å². The van der Waals surface area contributed by atoms with Crippen LogP contribution < -0.4 is 4.74 Å². The number of hydrogen-bond donors (Lipinski definition) is 2. The van der Waals surface area contributed by atoms with Gasteiger partial charge in [0.2, 0.25) is 0 Å². The van der Waals surface area contributed by atoms with Crippen LogP contribution in [0.2, 0.25) is 0 Å². The lowest BCUT2D eigenvalue weighted by Crippen LogP contribution is -2.62. The van der Waals surface area contributed by atoms with Crippen molar-refractivity contribution in [2.75, 3.05) is 13.7 Å². The average Bonchev–Trinajstić information content (AvgIpc) is 3.10. The van der Waals surface area contributed by atoms with Gasteiger partial charge in [-0.25, -0.2) is 4.79 Å². The Morgan fingerprint density at radius 3 is 2.58 bits per heavy atom. The fourth-order valence-corrected chi connectivity index (χ4v) is 6.21. The Morgan fingerprint density at radius 2 is 1.90 bits per heavy atom. The van der Waals surface area contributed by atoms with E-state index >= 15 is 0 Å². The molecule has 3 aliphatic rings. The number of rotatable bonds is 4. The minimum absolute atomic E-state index is 0.165. The van der Waals surface area contributed by atoms with Gasteiger partial charge in [-0.3, -0.25) is 0 Å². The van der Waals surface area contributed by atoms with Crippen molar-refractivity contribution in [2.45, 2.75) is 52.1 Å². The van der Waals surface area contributed by atoms with Crippen molar-refractivity contribution >= 4 is 12.0 Å². The minimum atomic E-state index is -0.962. The molecule has 1 heterocycles. The molecule has 1 saturated carbocycles. The van der Waals surface area contributed by atoms with Crippen LogP contribution in [0.15, 0.2) is 42.0 Å². The zero-order valence-electron chi connectivity index (χ0n) is 18.6. The lowest BCUT2D eigenvalue weighted by atomic mass is 9.47. The Morgan fingerprint density at radius 1 is 1.19 bits per heavy atom. The maximum Gasteiger partial charge on any atom is 0.331 e. The number of ether oxygens (including phenoxy) is 3. The number of carbonyl (C=O) groups is 1. The van der Waals surface area contributed by atoms with Gasteiger partial charge in [-0.1, -0.05) is 39.0 Å². The van der Waals surface area contributed by atoms with Crippen LogP contribution in [0.4, 0.5) is 0 Å². The van der Waals surface area contributed by atoms with E-state index in [1.54, 1.807) is 13.2 Å². The molecule has 0 bridgehead atoms. The summed E-state index contributed by atoms with van der Waals surface area (Å²) >= 11 is 0. The minimum Gasteiger partial charge on any atom is -0.497 e. The van der Waals surface area contributed by atoms with Gasteiger partial charge in [0.25, 0.3) is 0 Å². The van der Waals surface area contributed by atoms with E-state index in [9.17, 15) is 15.0 Å². The lowest BCUT2D eigenvalue weighted by molar-refractivity contribution is -0.211. The van der Waals surface area contributed by atoms with Crippen molar-refractivity contribution in [2.24, 2.45) is 22.7 Å². The van der Waals surface area contributed by atoms with Gasteiger partial charge in [0.05, 0.1) is 19.8 Å². The van der Waals surface area contributed by atoms with Crippen LogP contribution in [0.3, 0.4) is 0 Å². The Balaban J connectivity index is 1.58. The molecule has 1 aromatic rings. The number of benzene rings is 1. The molecular weight excluding hydrogens is 396 g/mol. The summed E-state index contributed by atoms with van der Waals surface area (Å²) in [5, 5.41) is 21.6. The molecule has 6 heteroatoms. The maximum absolute atomic E-state index is 12.7. The summed E-state index contributed by atoms with van der Waals surface area (Å²) in [6, 6.07) is 7.39. The van der Waals surface area contributed by atoms with Crippen LogP contribution in [0.1, 0.15) is 39.2 Å². The van der Waals surface area contributed by atoms with Gasteiger partial charge in [-0.05, 0) is 47.6 Å². The second kappa shape index (κ2) is 8.08. The quantitative estimate of drug-likeness (QED) is 0.435. The second-order valence-electron chi connectivity index (χ2n) is 9.81. The Hall–Kier alpha value is -2.15. The fourth-order valence-electron chi connectivity index (χ4n) is 6.21. The number of fused-ring (bicyclic) bond motifs is 3. The summed E-state index contributed by atoms with van der Waals surface area (Å²) in [6.07, 6.45) is 4.40. The van der Waals surface area contributed by atoms with E-state index in [-0.39, 0.29) is 17.3 Å². The molecule has 6 unspecified atom stereocenters. The van der Waals surface area contributed by atoms with Crippen LogP contribution in [-0.2, 0) is 14.3 Å². The van der Waals surface area contributed by atoms with Gasteiger partial charge in [0, 0.05) is 23.3 Å². The van der Waals surface area contributed by atoms with Gasteiger partial charge in [0.1, 0.15) is 11.9 Å². The van der Waals surface area contributed by atoms with Crippen LogP contribution in [0, 0.1) is 22.7 Å². The van der Waals surface area contributed by atoms with Gasteiger partial charge >= 0.3 is 5.97 Å². The van der Waals surface area contributed by atoms with Crippen molar-refractivity contribution in [1.29, 1.82) is 0 Å². The van der Waals surface area contributed by atoms with Crippen molar-refractivity contribution < 1.29 is 29.2 Å². The smallest absolute Gasteiger partial charge is 0.331 e. The fraction of sp³-hybridized carbons (Fsp3) is 0.560. The summed E-state index contributed by atoms with van der Waals surface area (Å²) in [7, 11) is 1.61. The summed E-state index contributed by atoms with van der Waals surface area (Å²) in [5.74, 6) is -0.147. The topological polar surface area (TPSA) is 85.2 Å². The average molecular weight is 429 g/mol. The van der Waals surface area contributed by atoms with Crippen molar-refractivity contribution in [3.05, 3.63) is 47.6 Å². The first-order chi connectivity index (χ1) is 14.7. The molecule has 1 aliphatic heterocycles. The Kier molecular flexibility index (Phi) is 5.75. The molecule has 6 atom stereocenters. The first-order valence-corrected chi connectivity index (χ1v) is 10.9. The predicted octanol–water partition coefficient (Wildman–Crippen LogP) is 3.33. The second-order valence-corrected chi connectivity index (χ2v) is 9.81. The van der Waals surface area contributed by atoms with Crippen LogP contribution >= 0.6 is 0 Å². The van der Waals surface area contributed by atoms with E-state index in [2.05, 4.69) is 13.8 Å². The number of methoxy groups -OCH3 is 1.